The van der Waals surface area contributed by atoms with Gasteiger partial charge >= 0.3 is 0 Å². The molecule has 0 aliphatic carbocycles. The predicted molar refractivity (Wildman–Crippen MR) is 61.2 cm³/mol. The standard InChI is InChI=1S/C12H11F2N3/c1-2-11-16-9(6-10(15)17-11)12-7(13)4-3-5-8(12)14/h3-6H,2H2,1H3,(H2,15,16,17). The monoisotopic (exact) mass is 235 g/mol. The Bertz CT molecular complexity index is 535. The summed E-state index contributed by atoms with van der Waals surface area (Å²) < 4.78 is 27.1. The van der Waals surface area contributed by atoms with Gasteiger partial charge in [-0.05, 0) is 12.1 Å². The van der Waals surface area contributed by atoms with Gasteiger partial charge in [0.25, 0.3) is 0 Å². The molecule has 17 heavy (non-hydrogen) atoms. The van der Waals surface area contributed by atoms with Gasteiger partial charge in [0.1, 0.15) is 23.3 Å². The molecule has 2 rings (SSSR count). The third-order valence-corrected chi connectivity index (χ3v) is 2.33. The highest BCUT2D eigenvalue weighted by Gasteiger charge is 2.13. The van der Waals surface area contributed by atoms with Crippen molar-refractivity contribution in [2.24, 2.45) is 0 Å². The molecular weight excluding hydrogens is 224 g/mol. The quantitative estimate of drug-likeness (QED) is 0.870. The first-order chi connectivity index (χ1) is 8.11. The van der Waals surface area contributed by atoms with Crippen molar-refractivity contribution in [3.05, 3.63) is 41.7 Å². The van der Waals surface area contributed by atoms with Crippen molar-refractivity contribution in [2.75, 3.05) is 5.73 Å². The minimum atomic E-state index is -0.662. The third-order valence-electron chi connectivity index (χ3n) is 2.33. The normalized spacial score (nSPS) is 10.5. The van der Waals surface area contributed by atoms with E-state index in [0.717, 1.165) is 0 Å². The molecule has 0 aliphatic rings. The molecule has 0 radical (unpaired) electrons. The number of aromatic nitrogens is 2. The zero-order chi connectivity index (χ0) is 12.4. The van der Waals surface area contributed by atoms with E-state index in [9.17, 15) is 8.78 Å². The first-order valence-electron chi connectivity index (χ1n) is 5.19. The average molecular weight is 235 g/mol. The summed E-state index contributed by atoms with van der Waals surface area (Å²) in [6, 6.07) is 5.03. The molecule has 88 valence electrons. The lowest BCUT2D eigenvalue weighted by atomic mass is 10.1. The fourth-order valence-electron chi connectivity index (χ4n) is 1.55. The van der Waals surface area contributed by atoms with Crippen LogP contribution in [0.3, 0.4) is 0 Å². The molecule has 1 aromatic heterocycles. The van der Waals surface area contributed by atoms with Crippen LogP contribution in [0.25, 0.3) is 11.3 Å². The number of hydrogen-bond donors (Lipinski definition) is 1. The average Bonchev–Trinajstić information content (AvgIpc) is 2.28. The van der Waals surface area contributed by atoms with Crippen LogP contribution in [0.4, 0.5) is 14.6 Å². The molecule has 3 nitrogen and oxygen atoms in total. The van der Waals surface area contributed by atoms with Crippen molar-refractivity contribution in [1.29, 1.82) is 0 Å². The minimum Gasteiger partial charge on any atom is -0.384 e. The molecule has 0 atom stereocenters. The molecule has 0 saturated carbocycles. The van der Waals surface area contributed by atoms with Crippen LogP contribution in [0.2, 0.25) is 0 Å². The maximum atomic E-state index is 13.6. The number of rotatable bonds is 2. The van der Waals surface area contributed by atoms with Gasteiger partial charge in [-0.2, -0.15) is 0 Å². The van der Waals surface area contributed by atoms with Gasteiger partial charge in [0, 0.05) is 12.5 Å². The third kappa shape index (κ3) is 2.22. The SMILES string of the molecule is CCc1nc(N)cc(-c2c(F)cccc2F)n1. The molecule has 5 heteroatoms. The molecule has 0 fully saturated rings. The minimum absolute atomic E-state index is 0.170. The molecule has 0 saturated heterocycles. The molecule has 1 aromatic carbocycles. The molecular formula is C12H11F2N3. The van der Waals surface area contributed by atoms with E-state index in [4.69, 9.17) is 5.73 Å². The van der Waals surface area contributed by atoms with Crippen molar-refractivity contribution < 1.29 is 8.78 Å². The maximum Gasteiger partial charge on any atom is 0.135 e. The number of halogens is 2. The lowest BCUT2D eigenvalue weighted by molar-refractivity contribution is 0.588. The zero-order valence-corrected chi connectivity index (χ0v) is 9.24. The van der Waals surface area contributed by atoms with Gasteiger partial charge in [-0.25, -0.2) is 18.7 Å². The topological polar surface area (TPSA) is 51.8 Å². The fourth-order valence-corrected chi connectivity index (χ4v) is 1.55. The van der Waals surface area contributed by atoms with Crippen LogP contribution >= 0.6 is 0 Å². The lowest BCUT2D eigenvalue weighted by Gasteiger charge is -2.06. The summed E-state index contributed by atoms with van der Waals surface area (Å²) in [5.41, 5.74) is 5.58. The number of aryl methyl sites for hydroxylation is 1. The number of benzene rings is 1. The van der Waals surface area contributed by atoms with Gasteiger partial charge in [-0.15, -0.1) is 0 Å². The lowest BCUT2D eigenvalue weighted by Crippen LogP contribution is -2.02. The van der Waals surface area contributed by atoms with Gasteiger partial charge in [0.05, 0.1) is 11.3 Å². The van der Waals surface area contributed by atoms with Gasteiger partial charge in [0.2, 0.25) is 0 Å². The summed E-state index contributed by atoms with van der Waals surface area (Å²) in [5.74, 6) is -0.660. The molecule has 0 amide bonds. The van der Waals surface area contributed by atoms with E-state index in [2.05, 4.69) is 9.97 Å². The van der Waals surface area contributed by atoms with Gasteiger partial charge in [-0.3, -0.25) is 0 Å². The molecule has 2 N–H and O–H groups in total. The van der Waals surface area contributed by atoms with E-state index in [1.165, 1.54) is 24.3 Å². The Kier molecular flexibility index (Phi) is 2.99. The maximum absolute atomic E-state index is 13.6. The number of anilines is 1. The van der Waals surface area contributed by atoms with Crippen molar-refractivity contribution >= 4 is 5.82 Å². The van der Waals surface area contributed by atoms with E-state index in [-0.39, 0.29) is 17.1 Å². The van der Waals surface area contributed by atoms with Crippen LogP contribution in [-0.2, 0) is 6.42 Å². The van der Waals surface area contributed by atoms with Crippen molar-refractivity contribution in [1.82, 2.24) is 9.97 Å². The molecule has 0 spiro atoms. The van der Waals surface area contributed by atoms with Crippen LogP contribution < -0.4 is 5.73 Å². The Balaban J connectivity index is 2.64. The van der Waals surface area contributed by atoms with Gasteiger partial charge < -0.3 is 5.73 Å². The smallest absolute Gasteiger partial charge is 0.135 e. The van der Waals surface area contributed by atoms with Crippen molar-refractivity contribution in [3.8, 4) is 11.3 Å². The Hall–Kier alpha value is -2.04. The van der Waals surface area contributed by atoms with Crippen LogP contribution in [0.5, 0.6) is 0 Å². The summed E-state index contributed by atoms with van der Waals surface area (Å²) >= 11 is 0. The number of nitrogens with two attached hydrogens (primary N) is 1. The van der Waals surface area contributed by atoms with Crippen LogP contribution in [0, 0.1) is 11.6 Å². The van der Waals surface area contributed by atoms with Crippen molar-refractivity contribution in [2.45, 2.75) is 13.3 Å². The Morgan fingerprint density at radius 1 is 1.18 bits per heavy atom. The zero-order valence-electron chi connectivity index (χ0n) is 9.24. The molecule has 0 bridgehead atoms. The molecule has 0 aliphatic heterocycles. The Labute approximate surface area is 97.3 Å². The number of nitrogen functional groups attached to an aromatic ring is 1. The van der Waals surface area contributed by atoms with E-state index in [0.29, 0.717) is 12.2 Å². The van der Waals surface area contributed by atoms with Crippen LogP contribution in [0.15, 0.2) is 24.3 Å². The molecule has 1 heterocycles. The molecule has 0 unspecified atom stereocenters. The van der Waals surface area contributed by atoms with E-state index in [1.54, 1.807) is 0 Å². The van der Waals surface area contributed by atoms with Gasteiger partial charge in [0.15, 0.2) is 0 Å². The summed E-state index contributed by atoms with van der Waals surface area (Å²) in [7, 11) is 0. The largest absolute Gasteiger partial charge is 0.384 e. The van der Waals surface area contributed by atoms with Crippen LogP contribution in [0.1, 0.15) is 12.7 Å². The highest BCUT2D eigenvalue weighted by atomic mass is 19.1. The van der Waals surface area contributed by atoms with Crippen molar-refractivity contribution in [3.63, 3.8) is 0 Å². The van der Waals surface area contributed by atoms with Gasteiger partial charge in [-0.1, -0.05) is 13.0 Å². The summed E-state index contributed by atoms with van der Waals surface area (Å²) in [5, 5.41) is 0. The summed E-state index contributed by atoms with van der Waals surface area (Å²) in [4.78, 5) is 8.03. The highest BCUT2D eigenvalue weighted by molar-refractivity contribution is 5.63. The highest BCUT2D eigenvalue weighted by Crippen LogP contribution is 2.25. The van der Waals surface area contributed by atoms with E-state index in [1.807, 2.05) is 6.92 Å². The summed E-state index contributed by atoms with van der Waals surface area (Å²) in [6.07, 6.45) is 0.550. The predicted octanol–water partition coefficient (Wildman–Crippen LogP) is 2.57. The number of nitrogens with zero attached hydrogens (tertiary/aromatic N) is 2. The second-order valence-electron chi connectivity index (χ2n) is 3.54. The second-order valence-corrected chi connectivity index (χ2v) is 3.54. The first kappa shape index (κ1) is 11.4. The van der Waals surface area contributed by atoms with E-state index < -0.39 is 11.6 Å². The number of hydrogen-bond acceptors (Lipinski definition) is 3. The first-order valence-corrected chi connectivity index (χ1v) is 5.19. The second kappa shape index (κ2) is 4.45. The molecule has 2 aromatic rings. The Morgan fingerprint density at radius 3 is 2.41 bits per heavy atom. The van der Waals surface area contributed by atoms with E-state index >= 15 is 0 Å². The van der Waals surface area contributed by atoms with Crippen LogP contribution in [-0.4, -0.2) is 9.97 Å². The Morgan fingerprint density at radius 2 is 1.82 bits per heavy atom. The fraction of sp³-hybridized carbons (Fsp3) is 0.167. The summed E-state index contributed by atoms with van der Waals surface area (Å²) in [6.45, 7) is 1.84.